The molecule has 3 rings (SSSR count). The Balaban J connectivity index is 1.78. The Bertz CT molecular complexity index is 765. The lowest BCUT2D eigenvalue weighted by Crippen LogP contribution is -2.03. The number of aromatic nitrogens is 2. The number of anilines is 3. The van der Waals surface area contributed by atoms with E-state index in [1.807, 2.05) is 12.1 Å². The van der Waals surface area contributed by atoms with Crippen molar-refractivity contribution in [2.45, 2.75) is 13.3 Å². The van der Waals surface area contributed by atoms with Crippen molar-refractivity contribution < 1.29 is 9.47 Å². The largest absolute Gasteiger partial charge is 0.497 e. The van der Waals surface area contributed by atoms with Gasteiger partial charge >= 0.3 is 0 Å². The van der Waals surface area contributed by atoms with Crippen LogP contribution in [-0.2, 0) is 6.42 Å². The van der Waals surface area contributed by atoms with Crippen molar-refractivity contribution in [3.8, 4) is 17.4 Å². The van der Waals surface area contributed by atoms with Gasteiger partial charge in [-0.2, -0.15) is 4.98 Å². The molecule has 0 aliphatic heterocycles. The molecule has 0 saturated heterocycles. The van der Waals surface area contributed by atoms with E-state index < -0.39 is 0 Å². The number of nitrogen functional groups attached to an aromatic ring is 1. The van der Waals surface area contributed by atoms with Crippen molar-refractivity contribution in [3.05, 3.63) is 60.4 Å². The van der Waals surface area contributed by atoms with Gasteiger partial charge in [0.15, 0.2) is 5.82 Å². The lowest BCUT2D eigenvalue weighted by molar-refractivity contribution is 0.412. The molecule has 0 spiro atoms. The highest BCUT2D eigenvalue weighted by molar-refractivity contribution is 5.72. The Labute approximate surface area is 146 Å². The van der Waals surface area contributed by atoms with Crippen molar-refractivity contribution in [1.29, 1.82) is 0 Å². The summed E-state index contributed by atoms with van der Waals surface area (Å²) in [5.41, 5.74) is 8.67. The number of nitrogens with two attached hydrogens (primary N) is 1. The van der Waals surface area contributed by atoms with Crippen LogP contribution in [0.5, 0.6) is 17.4 Å². The first kappa shape index (κ1) is 16.6. The van der Waals surface area contributed by atoms with E-state index in [9.17, 15) is 0 Å². The molecule has 0 atom stereocenters. The quantitative estimate of drug-likeness (QED) is 0.703. The van der Waals surface area contributed by atoms with Gasteiger partial charge in [-0.1, -0.05) is 19.1 Å². The number of ether oxygens (including phenoxy) is 2. The maximum absolute atomic E-state index is 6.15. The van der Waals surface area contributed by atoms with Crippen molar-refractivity contribution in [3.63, 3.8) is 0 Å². The average Bonchev–Trinajstić information content (AvgIpc) is 2.66. The van der Waals surface area contributed by atoms with Crippen LogP contribution in [0.2, 0.25) is 0 Å². The van der Waals surface area contributed by atoms with Crippen LogP contribution >= 0.6 is 0 Å². The van der Waals surface area contributed by atoms with Crippen LogP contribution in [0.3, 0.4) is 0 Å². The third kappa shape index (κ3) is 3.98. The van der Waals surface area contributed by atoms with Crippen molar-refractivity contribution in [2.75, 3.05) is 18.2 Å². The predicted octanol–water partition coefficient (Wildman–Crippen LogP) is 4.17. The second kappa shape index (κ2) is 7.53. The summed E-state index contributed by atoms with van der Waals surface area (Å²) in [6.45, 7) is 2.12. The predicted molar refractivity (Wildman–Crippen MR) is 98.6 cm³/mol. The van der Waals surface area contributed by atoms with Crippen LogP contribution in [0.1, 0.15) is 12.5 Å². The molecule has 3 N–H and O–H groups in total. The first-order valence-electron chi connectivity index (χ1n) is 7.98. The van der Waals surface area contributed by atoms with Crippen molar-refractivity contribution in [1.82, 2.24) is 9.97 Å². The zero-order valence-electron chi connectivity index (χ0n) is 14.2. The zero-order valence-corrected chi connectivity index (χ0v) is 14.2. The molecule has 0 amide bonds. The fourth-order valence-corrected chi connectivity index (χ4v) is 2.28. The van der Waals surface area contributed by atoms with Gasteiger partial charge in [0.05, 0.1) is 7.11 Å². The summed E-state index contributed by atoms with van der Waals surface area (Å²) < 4.78 is 10.9. The molecule has 6 heteroatoms. The van der Waals surface area contributed by atoms with Gasteiger partial charge in [0.25, 0.3) is 0 Å². The molecule has 25 heavy (non-hydrogen) atoms. The summed E-state index contributed by atoms with van der Waals surface area (Å²) in [6.07, 6.45) is 2.41. The van der Waals surface area contributed by atoms with Gasteiger partial charge in [-0.05, 0) is 48.4 Å². The van der Waals surface area contributed by atoms with Crippen LogP contribution < -0.4 is 20.5 Å². The Morgan fingerprint density at radius 3 is 2.28 bits per heavy atom. The Morgan fingerprint density at radius 1 is 0.960 bits per heavy atom. The fourth-order valence-electron chi connectivity index (χ4n) is 2.28. The molecule has 1 aromatic heterocycles. The number of methoxy groups -OCH3 is 1. The fraction of sp³-hybridized carbons (Fsp3) is 0.158. The van der Waals surface area contributed by atoms with Gasteiger partial charge < -0.3 is 20.5 Å². The monoisotopic (exact) mass is 336 g/mol. The van der Waals surface area contributed by atoms with Crippen LogP contribution in [0.15, 0.2) is 54.9 Å². The summed E-state index contributed by atoms with van der Waals surface area (Å²) in [7, 11) is 1.61. The second-order valence-corrected chi connectivity index (χ2v) is 5.39. The third-order valence-electron chi connectivity index (χ3n) is 3.75. The highest BCUT2D eigenvalue weighted by Gasteiger charge is 2.11. The van der Waals surface area contributed by atoms with E-state index in [0.717, 1.165) is 17.9 Å². The Morgan fingerprint density at radius 2 is 1.64 bits per heavy atom. The first-order chi connectivity index (χ1) is 12.2. The van der Waals surface area contributed by atoms with E-state index in [-0.39, 0.29) is 0 Å². The van der Waals surface area contributed by atoms with Gasteiger partial charge in [0.2, 0.25) is 5.88 Å². The summed E-state index contributed by atoms with van der Waals surface area (Å²) in [5, 5.41) is 3.19. The molecule has 0 aliphatic carbocycles. The molecule has 0 bridgehead atoms. The molecule has 0 saturated carbocycles. The van der Waals surface area contributed by atoms with Crippen LogP contribution in [0, 0.1) is 0 Å². The minimum atomic E-state index is 0.299. The molecule has 128 valence electrons. The van der Waals surface area contributed by atoms with Gasteiger partial charge in [0, 0.05) is 5.69 Å². The molecule has 0 fully saturated rings. The SMILES string of the molecule is CCc1ccc(Nc2ncnc(Oc3ccc(OC)cc3)c2N)cc1. The molecule has 0 radical (unpaired) electrons. The number of rotatable bonds is 6. The van der Waals surface area contributed by atoms with E-state index in [4.69, 9.17) is 15.2 Å². The number of nitrogens with one attached hydrogen (secondary N) is 1. The lowest BCUT2D eigenvalue weighted by atomic mass is 10.1. The van der Waals surface area contributed by atoms with E-state index in [2.05, 4.69) is 34.3 Å². The lowest BCUT2D eigenvalue weighted by Gasteiger charge is -2.12. The third-order valence-corrected chi connectivity index (χ3v) is 3.75. The van der Waals surface area contributed by atoms with E-state index in [0.29, 0.717) is 23.1 Å². The minimum absolute atomic E-state index is 0.299. The second-order valence-electron chi connectivity index (χ2n) is 5.39. The average molecular weight is 336 g/mol. The van der Waals surface area contributed by atoms with Gasteiger partial charge in [-0.25, -0.2) is 4.98 Å². The summed E-state index contributed by atoms with van der Waals surface area (Å²) >= 11 is 0. The van der Waals surface area contributed by atoms with Gasteiger partial charge in [-0.15, -0.1) is 0 Å². The van der Waals surface area contributed by atoms with Crippen LogP contribution in [0.25, 0.3) is 0 Å². The molecular formula is C19H20N4O2. The standard InChI is InChI=1S/C19H20N4O2/c1-3-13-4-6-14(7-5-13)23-18-17(20)19(22-12-21-18)25-16-10-8-15(24-2)9-11-16/h4-12H,3,20H2,1-2H3,(H,21,22,23). The number of aryl methyl sites for hydroxylation is 1. The maximum atomic E-state index is 6.15. The number of benzene rings is 2. The number of nitrogens with zero attached hydrogens (tertiary/aromatic N) is 2. The number of hydrogen-bond donors (Lipinski definition) is 2. The summed E-state index contributed by atoms with van der Waals surface area (Å²) in [6, 6.07) is 15.3. The highest BCUT2D eigenvalue weighted by atomic mass is 16.5. The van der Waals surface area contributed by atoms with E-state index in [1.165, 1.54) is 11.9 Å². The zero-order chi connectivity index (χ0) is 17.6. The molecule has 0 unspecified atom stereocenters. The maximum Gasteiger partial charge on any atom is 0.248 e. The molecule has 2 aromatic carbocycles. The van der Waals surface area contributed by atoms with Crippen LogP contribution in [0.4, 0.5) is 17.2 Å². The van der Waals surface area contributed by atoms with Crippen LogP contribution in [-0.4, -0.2) is 17.1 Å². The topological polar surface area (TPSA) is 82.3 Å². The Hall–Kier alpha value is -3.28. The molecule has 6 nitrogen and oxygen atoms in total. The molecular weight excluding hydrogens is 316 g/mol. The molecule has 1 heterocycles. The Kier molecular flexibility index (Phi) is 4.99. The minimum Gasteiger partial charge on any atom is -0.497 e. The summed E-state index contributed by atoms with van der Waals surface area (Å²) in [5.74, 6) is 2.17. The van der Waals surface area contributed by atoms with Crippen molar-refractivity contribution >= 4 is 17.2 Å². The highest BCUT2D eigenvalue weighted by Crippen LogP contribution is 2.31. The first-order valence-corrected chi connectivity index (χ1v) is 7.98. The smallest absolute Gasteiger partial charge is 0.248 e. The van der Waals surface area contributed by atoms with Crippen molar-refractivity contribution in [2.24, 2.45) is 0 Å². The van der Waals surface area contributed by atoms with E-state index in [1.54, 1.807) is 31.4 Å². The van der Waals surface area contributed by atoms with E-state index >= 15 is 0 Å². The molecule has 3 aromatic rings. The summed E-state index contributed by atoms with van der Waals surface area (Å²) in [4.78, 5) is 8.31. The van der Waals surface area contributed by atoms with Gasteiger partial charge in [-0.3, -0.25) is 0 Å². The number of hydrogen-bond acceptors (Lipinski definition) is 6. The van der Waals surface area contributed by atoms with Gasteiger partial charge in [0.1, 0.15) is 23.5 Å². The molecule has 0 aliphatic rings. The normalized spacial score (nSPS) is 10.3.